The van der Waals surface area contributed by atoms with E-state index in [0.717, 1.165) is 77.5 Å². The van der Waals surface area contributed by atoms with E-state index < -0.39 is 0 Å². The van der Waals surface area contributed by atoms with Crippen molar-refractivity contribution in [2.45, 2.75) is 25.4 Å². The third kappa shape index (κ3) is 2.49. The summed E-state index contributed by atoms with van der Waals surface area (Å²) < 4.78 is 12.9. The molecule has 8 nitrogen and oxygen atoms in total. The lowest BCUT2D eigenvalue weighted by atomic mass is 10.1. The number of hydrogen-bond donors (Lipinski definition) is 1. The molecular formula is C16H24N6O2. The minimum Gasteiger partial charge on any atom is -0.379 e. The maximum Gasteiger partial charge on any atom is 0.246 e. The zero-order chi connectivity index (χ0) is 15.9. The summed E-state index contributed by atoms with van der Waals surface area (Å²) in [6.07, 6.45) is 2.34. The van der Waals surface area contributed by atoms with Crippen LogP contribution in [0.1, 0.15) is 12.8 Å². The summed E-state index contributed by atoms with van der Waals surface area (Å²) in [5.41, 5.74) is 2.85. The van der Waals surface area contributed by atoms with Crippen LogP contribution in [0.5, 0.6) is 0 Å². The lowest BCUT2D eigenvalue weighted by molar-refractivity contribution is 0.0239. The fourth-order valence-corrected chi connectivity index (χ4v) is 4.15. The SMILES string of the molecule is C1CN(c2nc3n(n2)CC2=C(N3)C(N3CCOCC3)CC2)CCO1. The van der Waals surface area contributed by atoms with Crippen molar-refractivity contribution in [2.75, 3.05) is 62.8 Å². The lowest BCUT2D eigenvalue weighted by Gasteiger charge is -2.34. The molecule has 1 aromatic rings. The molecule has 24 heavy (non-hydrogen) atoms. The Morgan fingerprint density at radius 3 is 2.54 bits per heavy atom. The molecular weight excluding hydrogens is 308 g/mol. The van der Waals surface area contributed by atoms with E-state index in [1.165, 1.54) is 17.7 Å². The van der Waals surface area contributed by atoms with Crippen LogP contribution in [-0.4, -0.2) is 78.3 Å². The van der Waals surface area contributed by atoms with Crippen LogP contribution < -0.4 is 10.2 Å². The number of fused-ring (bicyclic) bond motifs is 1. The molecule has 1 aromatic heterocycles. The fourth-order valence-electron chi connectivity index (χ4n) is 4.15. The van der Waals surface area contributed by atoms with Crippen molar-refractivity contribution in [1.82, 2.24) is 19.7 Å². The van der Waals surface area contributed by atoms with Gasteiger partial charge in [0.25, 0.3) is 0 Å². The standard InChI is InChI=1S/C16H24N6O2/c1-2-13(20-3-7-23-8-4-20)14-12(1)11-22-15(17-14)18-16(19-22)21-5-9-24-10-6-21/h13H,1-11H2,(H,17,18,19). The summed E-state index contributed by atoms with van der Waals surface area (Å²) in [5.74, 6) is 1.71. The van der Waals surface area contributed by atoms with Gasteiger partial charge in [0.05, 0.1) is 39.0 Å². The zero-order valence-electron chi connectivity index (χ0n) is 13.9. The van der Waals surface area contributed by atoms with Gasteiger partial charge in [0.2, 0.25) is 11.9 Å². The van der Waals surface area contributed by atoms with Crippen LogP contribution in [-0.2, 0) is 16.0 Å². The van der Waals surface area contributed by atoms with Gasteiger partial charge in [-0.3, -0.25) is 4.90 Å². The third-order valence-corrected chi connectivity index (χ3v) is 5.46. The molecule has 2 fully saturated rings. The minimum absolute atomic E-state index is 0.487. The molecule has 1 N–H and O–H groups in total. The Morgan fingerprint density at radius 2 is 1.75 bits per heavy atom. The second-order valence-corrected chi connectivity index (χ2v) is 6.84. The van der Waals surface area contributed by atoms with Gasteiger partial charge in [-0.15, -0.1) is 5.10 Å². The monoisotopic (exact) mass is 332 g/mol. The first-order valence-corrected chi connectivity index (χ1v) is 8.97. The van der Waals surface area contributed by atoms with E-state index in [1.807, 2.05) is 4.68 Å². The van der Waals surface area contributed by atoms with Crippen molar-refractivity contribution in [3.63, 3.8) is 0 Å². The van der Waals surface area contributed by atoms with E-state index in [2.05, 4.69) is 15.1 Å². The first-order valence-electron chi connectivity index (χ1n) is 8.97. The van der Waals surface area contributed by atoms with E-state index in [0.29, 0.717) is 6.04 Å². The summed E-state index contributed by atoms with van der Waals surface area (Å²) in [6, 6.07) is 0.487. The lowest BCUT2D eigenvalue weighted by Crippen LogP contribution is -2.44. The van der Waals surface area contributed by atoms with E-state index in [1.54, 1.807) is 0 Å². The number of morpholine rings is 2. The number of anilines is 2. The number of rotatable bonds is 2. The average molecular weight is 332 g/mol. The van der Waals surface area contributed by atoms with E-state index >= 15 is 0 Å². The Morgan fingerprint density at radius 1 is 1.00 bits per heavy atom. The number of nitrogens with one attached hydrogen (secondary N) is 1. The Bertz CT molecular complexity index is 645. The molecule has 8 heteroatoms. The molecule has 1 aliphatic carbocycles. The van der Waals surface area contributed by atoms with Gasteiger partial charge in [-0.1, -0.05) is 0 Å². The summed E-state index contributed by atoms with van der Waals surface area (Å²) in [6.45, 7) is 7.85. The van der Waals surface area contributed by atoms with Crippen LogP contribution in [0.25, 0.3) is 0 Å². The molecule has 0 aromatic carbocycles. The predicted molar refractivity (Wildman–Crippen MR) is 89.1 cm³/mol. The van der Waals surface area contributed by atoms with Crippen molar-refractivity contribution in [1.29, 1.82) is 0 Å². The van der Waals surface area contributed by atoms with Gasteiger partial charge in [0, 0.05) is 31.9 Å². The number of ether oxygens (including phenoxy) is 2. The van der Waals surface area contributed by atoms with Crippen LogP contribution in [0, 0.1) is 0 Å². The molecule has 5 rings (SSSR count). The summed E-state index contributed by atoms with van der Waals surface area (Å²) in [5, 5.41) is 8.31. The minimum atomic E-state index is 0.487. The predicted octanol–water partition coefficient (Wildman–Crippen LogP) is 0.289. The maximum absolute atomic E-state index is 5.50. The zero-order valence-corrected chi connectivity index (χ0v) is 13.9. The smallest absolute Gasteiger partial charge is 0.246 e. The van der Waals surface area contributed by atoms with Crippen LogP contribution in [0.3, 0.4) is 0 Å². The van der Waals surface area contributed by atoms with Crippen LogP contribution >= 0.6 is 0 Å². The molecule has 0 radical (unpaired) electrons. The highest BCUT2D eigenvalue weighted by atomic mass is 16.5. The largest absolute Gasteiger partial charge is 0.379 e. The molecule has 4 heterocycles. The summed E-state index contributed by atoms with van der Waals surface area (Å²) >= 11 is 0. The molecule has 0 amide bonds. The maximum atomic E-state index is 5.50. The molecule has 0 spiro atoms. The summed E-state index contributed by atoms with van der Waals surface area (Å²) in [7, 11) is 0. The van der Waals surface area contributed by atoms with Crippen molar-refractivity contribution in [2.24, 2.45) is 0 Å². The fraction of sp³-hybridized carbons (Fsp3) is 0.750. The van der Waals surface area contributed by atoms with Gasteiger partial charge in [-0.2, -0.15) is 4.98 Å². The highest BCUT2D eigenvalue weighted by Gasteiger charge is 2.35. The average Bonchev–Trinajstić information content (AvgIpc) is 3.24. The third-order valence-electron chi connectivity index (χ3n) is 5.46. The van der Waals surface area contributed by atoms with Gasteiger partial charge >= 0.3 is 0 Å². The van der Waals surface area contributed by atoms with Crippen molar-refractivity contribution in [3.8, 4) is 0 Å². The summed E-state index contributed by atoms with van der Waals surface area (Å²) in [4.78, 5) is 9.51. The first-order chi connectivity index (χ1) is 11.9. The Labute approximate surface area is 141 Å². The van der Waals surface area contributed by atoms with Gasteiger partial charge < -0.3 is 19.7 Å². The van der Waals surface area contributed by atoms with E-state index in [9.17, 15) is 0 Å². The number of aromatic nitrogens is 3. The highest BCUT2D eigenvalue weighted by Crippen LogP contribution is 2.36. The topological polar surface area (TPSA) is 67.7 Å². The van der Waals surface area contributed by atoms with Gasteiger partial charge in [0.1, 0.15) is 0 Å². The number of allylic oxidation sites excluding steroid dienone is 1. The van der Waals surface area contributed by atoms with Crippen molar-refractivity contribution < 1.29 is 9.47 Å². The quantitative estimate of drug-likeness (QED) is 0.835. The molecule has 0 bridgehead atoms. The van der Waals surface area contributed by atoms with Gasteiger partial charge in [0.15, 0.2) is 0 Å². The van der Waals surface area contributed by atoms with Crippen LogP contribution in [0.15, 0.2) is 11.3 Å². The van der Waals surface area contributed by atoms with Crippen molar-refractivity contribution in [3.05, 3.63) is 11.3 Å². The second kappa shape index (κ2) is 6.02. The van der Waals surface area contributed by atoms with E-state index in [4.69, 9.17) is 19.6 Å². The molecule has 4 aliphatic rings. The van der Waals surface area contributed by atoms with Crippen molar-refractivity contribution >= 4 is 11.9 Å². The molecule has 3 aliphatic heterocycles. The molecule has 130 valence electrons. The second-order valence-electron chi connectivity index (χ2n) is 6.84. The molecule has 2 saturated heterocycles. The first kappa shape index (κ1) is 14.7. The highest BCUT2D eigenvalue weighted by molar-refractivity contribution is 5.49. The molecule has 1 atom stereocenters. The Hall–Kier alpha value is -1.64. The van der Waals surface area contributed by atoms with Gasteiger partial charge in [-0.25, -0.2) is 4.68 Å². The van der Waals surface area contributed by atoms with Crippen LogP contribution in [0.4, 0.5) is 11.9 Å². The van der Waals surface area contributed by atoms with E-state index in [-0.39, 0.29) is 0 Å². The Kier molecular flexibility index (Phi) is 3.68. The van der Waals surface area contributed by atoms with Gasteiger partial charge in [-0.05, 0) is 18.4 Å². The number of hydrogen-bond acceptors (Lipinski definition) is 7. The van der Waals surface area contributed by atoms with Crippen LogP contribution in [0.2, 0.25) is 0 Å². The molecule has 1 unspecified atom stereocenters. The Balaban J connectivity index is 1.35. The normalized spacial score (nSPS) is 27.8. The number of nitrogens with zero attached hydrogens (tertiary/aromatic N) is 5. The molecule has 0 saturated carbocycles.